The van der Waals surface area contributed by atoms with Crippen LogP contribution in [0.1, 0.15) is 33.1 Å². The van der Waals surface area contributed by atoms with Gasteiger partial charge in [0.2, 0.25) is 15.9 Å². The Kier molecular flexibility index (Phi) is 4.71. The Morgan fingerprint density at radius 3 is 2.74 bits per heavy atom. The van der Waals surface area contributed by atoms with Crippen molar-refractivity contribution in [2.75, 3.05) is 23.7 Å². The molecule has 0 aromatic heterocycles. The smallest absolute Gasteiger partial charge is 0.243 e. The van der Waals surface area contributed by atoms with Gasteiger partial charge in [-0.1, -0.05) is 6.42 Å². The van der Waals surface area contributed by atoms with Crippen molar-refractivity contribution in [2.24, 2.45) is 0 Å². The van der Waals surface area contributed by atoms with Crippen molar-refractivity contribution in [1.29, 1.82) is 0 Å². The topological polar surface area (TPSA) is 57.7 Å². The third kappa shape index (κ3) is 3.14. The second-order valence-corrected chi connectivity index (χ2v) is 9.14. The van der Waals surface area contributed by atoms with Crippen LogP contribution in [-0.2, 0) is 14.8 Å². The highest BCUT2D eigenvalue weighted by atomic mass is 32.2. The van der Waals surface area contributed by atoms with E-state index in [0.717, 1.165) is 35.6 Å². The summed E-state index contributed by atoms with van der Waals surface area (Å²) in [4.78, 5) is 14.8. The molecular formula is C16H22N2O3S2. The molecule has 5 nitrogen and oxygen atoms in total. The standard InChI is InChI=1S/C16H22N2O3S2/c1-12-5-3-4-8-18(12)23(20,21)14-6-7-16-15(11-14)17(13(2)19)9-10-22-16/h6-7,11-12H,3-5,8-10H2,1-2H3/t12-/m0/s1. The number of nitrogens with zero attached hydrogens (tertiary/aromatic N) is 2. The minimum absolute atomic E-state index is 0.0306. The van der Waals surface area contributed by atoms with Gasteiger partial charge in [0.05, 0.1) is 10.6 Å². The normalized spacial score (nSPS) is 22.7. The maximum absolute atomic E-state index is 13.0. The van der Waals surface area contributed by atoms with Crippen molar-refractivity contribution in [2.45, 2.75) is 48.9 Å². The summed E-state index contributed by atoms with van der Waals surface area (Å²) in [5.74, 6) is 0.786. The summed E-state index contributed by atoms with van der Waals surface area (Å²) < 4.78 is 27.6. The Hall–Kier alpha value is -1.05. The summed E-state index contributed by atoms with van der Waals surface area (Å²) in [5.41, 5.74) is 0.722. The SMILES string of the molecule is CC(=O)N1CCSc2ccc(S(=O)(=O)N3CCCC[C@@H]3C)cc21. The molecule has 23 heavy (non-hydrogen) atoms. The minimum atomic E-state index is -3.51. The van der Waals surface area contributed by atoms with Crippen LogP contribution in [0.2, 0.25) is 0 Å². The number of sulfonamides is 1. The molecule has 0 radical (unpaired) electrons. The third-order valence-corrected chi connectivity index (χ3v) is 7.57. The third-order valence-electron chi connectivity index (χ3n) is 4.52. The van der Waals surface area contributed by atoms with Gasteiger partial charge in [-0.3, -0.25) is 4.79 Å². The molecular weight excluding hydrogens is 332 g/mol. The molecule has 1 aromatic carbocycles. The molecule has 3 rings (SSSR count). The molecule has 0 saturated carbocycles. The van der Waals surface area contributed by atoms with E-state index in [-0.39, 0.29) is 11.9 Å². The molecule has 2 aliphatic rings. The van der Waals surface area contributed by atoms with Gasteiger partial charge in [0.15, 0.2) is 0 Å². The minimum Gasteiger partial charge on any atom is -0.311 e. The molecule has 1 saturated heterocycles. The zero-order valence-electron chi connectivity index (χ0n) is 13.5. The van der Waals surface area contributed by atoms with E-state index in [2.05, 4.69) is 0 Å². The highest BCUT2D eigenvalue weighted by Gasteiger charge is 2.32. The predicted octanol–water partition coefficient (Wildman–Crippen LogP) is 2.71. The highest BCUT2D eigenvalue weighted by molar-refractivity contribution is 7.99. The number of piperidine rings is 1. The lowest BCUT2D eigenvalue weighted by atomic mass is 10.1. The van der Waals surface area contributed by atoms with E-state index in [1.807, 2.05) is 13.0 Å². The van der Waals surface area contributed by atoms with Crippen LogP contribution < -0.4 is 4.90 Å². The number of amides is 1. The lowest BCUT2D eigenvalue weighted by molar-refractivity contribution is -0.116. The van der Waals surface area contributed by atoms with Crippen LogP contribution in [0.4, 0.5) is 5.69 Å². The molecule has 1 atom stereocenters. The first-order chi connectivity index (χ1) is 10.9. The summed E-state index contributed by atoms with van der Waals surface area (Å²) in [6.07, 6.45) is 2.88. The molecule has 126 valence electrons. The van der Waals surface area contributed by atoms with Gasteiger partial charge in [-0.15, -0.1) is 11.8 Å². The molecule has 0 bridgehead atoms. The first-order valence-corrected chi connectivity index (χ1v) is 10.4. The van der Waals surface area contributed by atoms with E-state index in [4.69, 9.17) is 0 Å². The Balaban J connectivity index is 2.00. The molecule has 1 fully saturated rings. The first kappa shape index (κ1) is 16.8. The molecule has 0 aliphatic carbocycles. The number of rotatable bonds is 2. The monoisotopic (exact) mass is 354 g/mol. The Morgan fingerprint density at radius 1 is 1.26 bits per heavy atom. The van der Waals surface area contributed by atoms with Crippen LogP contribution in [0.5, 0.6) is 0 Å². The first-order valence-electron chi connectivity index (χ1n) is 7.98. The van der Waals surface area contributed by atoms with Crippen LogP contribution in [0, 0.1) is 0 Å². The Labute approximate surface area is 142 Å². The summed E-state index contributed by atoms with van der Waals surface area (Å²) in [6, 6.07) is 5.20. The second-order valence-electron chi connectivity index (χ2n) is 6.11. The van der Waals surface area contributed by atoms with Crippen LogP contribution in [-0.4, -0.2) is 43.5 Å². The van der Waals surface area contributed by atoms with E-state index in [0.29, 0.717) is 18.0 Å². The second kappa shape index (κ2) is 6.45. The van der Waals surface area contributed by atoms with Crippen molar-refractivity contribution in [3.8, 4) is 0 Å². The molecule has 0 unspecified atom stereocenters. The molecule has 0 N–H and O–H groups in total. The van der Waals surface area contributed by atoms with Crippen molar-refractivity contribution >= 4 is 33.4 Å². The fraction of sp³-hybridized carbons (Fsp3) is 0.562. The van der Waals surface area contributed by atoms with Crippen LogP contribution in [0.25, 0.3) is 0 Å². The quantitative estimate of drug-likeness (QED) is 0.819. The van der Waals surface area contributed by atoms with E-state index in [1.54, 1.807) is 33.1 Å². The molecule has 1 amide bonds. The predicted molar refractivity (Wildman–Crippen MR) is 92.4 cm³/mol. The number of carbonyl (C=O) groups is 1. The van der Waals surface area contributed by atoms with E-state index < -0.39 is 10.0 Å². The maximum Gasteiger partial charge on any atom is 0.243 e. The van der Waals surface area contributed by atoms with Gasteiger partial charge in [0.1, 0.15) is 0 Å². The summed E-state index contributed by atoms with van der Waals surface area (Å²) >= 11 is 1.66. The summed E-state index contributed by atoms with van der Waals surface area (Å²) in [6.45, 7) is 4.68. The van der Waals surface area contributed by atoms with Gasteiger partial charge in [-0.2, -0.15) is 4.31 Å². The largest absolute Gasteiger partial charge is 0.311 e. The number of thioether (sulfide) groups is 1. The average molecular weight is 354 g/mol. The van der Waals surface area contributed by atoms with Gasteiger partial charge < -0.3 is 4.90 Å². The number of anilines is 1. The van der Waals surface area contributed by atoms with Gasteiger partial charge in [-0.05, 0) is 38.0 Å². The van der Waals surface area contributed by atoms with Crippen LogP contribution in [0.15, 0.2) is 28.0 Å². The maximum atomic E-state index is 13.0. The van der Waals surface area contributed by atoms with Crippen molar-refractivity contribution in [3.05, 3.63) is 18.2 Å². The fourth-order valence-corrected chi connectivity index (χ4v) is 5.94. The molecule has 1 aromatic rings. The van der Waals surface area contributed by atoms with Gasteiger partial charge in [0, 0.05) is 36.7 Å². The molecule has 7 heteroatoms. The number of benzene rings is 1. The molecule has 0 spiro atoms. The van der Waals surface area contributed by atoms with Gasteiger partial charge >= 0.3 is 0 Å². The average Bonchev–Trinajstić information content (AvgIpc) is 2.53. The van der Waals surface area contributed by atoms with Crippen molar-refractivity contribution < 1.29 is 13.2 Å². The number of fused-ring (bicyclic) bond motifs is 1. The highest BCUT2D eigenvalue weighted by Crippen LogP contribution is 2.37. The van der Waals surface area contributed by atoms with Crippen molar-refractivity contribution in [3.63, 3.8) is 0 Å². The number of hydrogen-bond acceptors (Lipinski definition) is 4. The van der Waals surface area contributed by atoms with E-state index in [9.17, 15) is 13.2 Å². The number of hydrogen-bond donors (Lipinski definition) is 0. The van der Waals surface area contributed by atoms with Gasteiger partial charge in [0.25, 0.3) is 0 Å². The van der Waals surface area contributed by atoms with Gasteiger partial charge in [-0.25, -0.2) is 8.42 Å². The van der Waals surface area contributed by atoms with E-state index in [1.165, 1.54) is 6.92 Å². The molecule has 2 aliphatic heterocycles. The Morgan fingerprint density at radius 2 is 2.04 bits per heavy atom. The lowest BCUT2D eigenvalue weighted by Crippen LogP contribution is -2.42. The van der Waals surface area contributed by atoms with Crippen molar-refractivity contribution in [1.82, 2.24) is 4.31 Å². The Bertz CT molecular complexity index is 718. The zero-order valence-corrected chi connectivity index (χ0v) is 15.1. The van der Waals surface area contributed by atoms with Crippen LogP contribution >= 0.6 is 11.8 Å². The molecule has 2 heterocycles. The zero-order chi connectivity index (χ0) is 16.6. The van der Waals surface area contributed by atoms with Crippen LogP contribution in [0.3, 0.4) is 0 Å². The summed E-state index contributed by atoms with van der Waals surface area (Å²) in [7, 11) is -3.51. The number of carbonyl (C=O) groups excluding carboxylic acids is 1. The fourth-order valence-electron chi connectivity index (χ4n) is 3.25. The van der Waals surface area contributed by atoms with E-state index >= 15 is 0 Å². The summed E-state index contributed by atoms with van der Waals surface area (Å²) in [5, 5.41) is 0. The lowest BCUT2D eigenvalue weighted by Gasteiger charge is -2.33.